The van der Waals surface area contributed by atoms with Crippen molar-refractivity contribution in [2.75, 3.05) is 18.4 Å². The van der Waals surface area contributed by atoms with Gasteiger partial charge in [-0.2, -0.15) is 0 Å². The van der Waals surface area contributed by atoms with Crippen molar-refractivity contribution in [2.45, 2.75) is 13.3 Å². The molecule has 0 unspecified atom stereocenters. The Morgan fingerprint density at radius 2 is 1.75 bits per heavy atom. The number of aryl methyl sites for hydroxylation is 1. The lowest BCUT2D eigenvalue weighted by Gasteiger charge is -2.10. The molecule has 2 aromatic rings. The van der Waals surface area contributed by atoms with E-state index in [4.69, 9.17) is 0 Å². The molecule has 0 bridgehead atoms. The van der Waals surface area contributed by atoms with Crippen LogP contribution in [0.5, 0.6) is 0 Å². The molecular weight excluding hydrogens is 436 g/mol. The van der Waals surface area contributed by atoms with Crippen molar-refractivity contribution in [3.05, 3.63) is 63.6 Å². The molecule has 3 amide bonds. The summed E-state index contributed by atoms with van der Waals surface area (Å²) < 4.78 is 27.2. The summed E-state index contributed by atoms with van der Waals surface area (Å²) >= 11 is 3.33. The van der Waals surface area contributed by atoms with Crippen LogP contribution in [0.4, 0.5) is 14.5 Å². The molecule has 0 radical (unpaired) electrons. The number of hydrogen-bond donors (Lipinski definition) is 3. The summed E-state index contributed by atoms with van der Waals surface area (Å²) in [5.74, 6) is -3.38. The summed E-state index contributed by atoms with van der Waals surface area (Å²) in [6, 6.07) is 7.97. The van der Waals surface area contributed by atoms with Crippen LogP contribution in [-0.2, 0) is 9.59 Å². The molecule has 0 atom stereocenters. The predicted molar refractivity (Wildman–Crippen MR) is 104 cm³/mol. The highest BCUT2D eigenvalue weighted by molar-refractivity contribution is 9.10. The molecule has 28 heavy (non-hydrogen) atoms. The largest absolute Gasteiger partial charge is 0.351 e. The first-order valence-electron chi connectivity index (χ1n) is 8.32. The van der Waals surface area contributed by atoms with E-state index in [1.54, 1.807) is 12.1 Å². The zero-order valence-electron chi connectivity index (χ0n) is 14.9. The molecule has 0 spiro atoms. The SMILES string of the molecule is Cc1cc(Br)ccc1NC(=O)CNC(=O)CCNC(=O)c1ccc(F)cc1F. The number of carbonyl (C=O) groups excluding carboxylic acids is 3. The van der Waals surface area contributed by atoms with Crippen LogP contribution in [0.1, 0.15) is 22.3 Å². The van der Waals surface area contributed by atoms with Crippen molar-refractivity contribution in [3.63, 3.8) is 0 Å². The van der Waals surface area contributed by atoms with Crippen LogP contribution in [0.2, 0.25) is 0 Å². The molecule has 0 heterocycles. The molecule has 0 aliphatic rings. The van der Waals surface area contributed by atoms with E-state index in [-0.39, 0.29) is 25.1 Å². The number of amides is 3. The highest BCUT2D eigenvalue weighted by Crippen LogP contribution is 2.19. The van der Waals surface area contributed by atoms with Crippen LogP contribution in [0.25, 0.3) is 0 Å². The Balaban J connectivity index is 1.72. The van der Waals surface area contributed by atoms with Gasteiger partial charge in [0.1, 0.15) is 11.6 Å². The van der Waals surface area contributed by atoms with Crippen LogP contribution >= 0.6 is 15.9 Å². The summed E-state index contributed by atoms with van der Waals surface area (Å²) in [7, 11) is 0. The van der Waals surface area contributed by atoms with E-state index in [9.17, 15) is 23.2 Å². The standard InChI is InChI=1S/C19H18BrF2N3O3/c1-11-8-12(20)2-5-16(11)25-18(27)10-24-17(26)6-7-23-19(28)14-4-3-13(21)9-15(14)22/h2-5,8-9H,6-7,10H2,1H3,(H,23,28)(H,24,26)(H,25,27). The molecule has 0 aromatic heterocycles. The Morgan fingerprint density at radius 1 is 1.00 bits per heavy atom. The summed E-state index contributed by atoms with van der Waals surface area (Å²) in [5.41, 5.74) is 1.19. The molecule has 3 N–H and O–H groups in total. The summed E-state index contributed by atoms with van der Waals surface area (Å²) in [4.78, 5) is 35.5. The molecule has 0 saturated heterocycles. The lowest BCUT2D eigenvalue weighted by molar-refractivity contribution is -0.124. The molecule has 6 nitrogen and oxygen atoms in total. The van der Waals surface area contributed by atoms with Crippen molar-refractivity contribution in [3.8, 4) is 0 Å². The average Bonchev–Trinajstić information content (AvgIpc) is 2.62. The van der Waals surface area contributed by atoms with E-state index in [0.717, 1.165) is 22.2 Å². The number of nitrogens with one attached hydrogen (secondary N) is 3. The third kappa shape index (κ3) is 6.41. The highest BCUT2D eigenvalue weighted by Gasteiger charge is 2.13. The summed E-state index contributed by atoms with van der Waals surface area (Å²) in [6.45, 7) is 1.55. The number of hydrogen-bond acceptors (Lipinski definition) is 3. The van der Waals surface area contributed by atoms with E-state index in [0.29, 0.717) is 11.8 Å². The minimum absolute atomic E-state index is 0.0606. The molecule has 2 rings (SSSR count). The predicted octanol–water partition coefficient (Wildman–Crippen LogP) is 2.91. The first kappa shape index (κ1) is 21.5. The fraction of sp³-hybridized carbons (Fsp3) is 0.211. The topological polar surface area (TPSA) is 87.3 Å². The average molecular weight is 454 g/mol. The number of benzene rings is 2. The van der Waals surface area contributed by atoms with Gasteiger partial charge in [-0.15, -0.1) is 0 Å². The number of rotatable bonds is 7. The van der Waals surface area contributed by atoms with Gasteiger partial charge in [0.05, 0.1) is 12.1 Å². The van der Waals surface area contributed by atoms with Gasteiger partial charge in [-0.3, -0.25) is 14.4 Å². The van der Waals surface area contributed by atoms with E-state index < -0.39 is 29.4 Å². The van der Waals surface area contributed by atoms with Crippen molar-refractivity contribution in [1.82, 2.24) is 10.6 Å². The Labute approximate surface area is 168 Å². The van der Waals surface area contributed by atoms with Gasteiger partial charge in [0.2, 0.25) is 11.8 Å². The molecule has 148 valence electrons. The van der Waals surface area contributed by atoms with Crippen molar-refractivity contribution in [1.29, 1.82) is 0 Å². The maximum absolute atomic E-state index is 13.5. The van der Waals surface area contributed by atoms with Crippen molar-refractivity contribution < 1.29 is 23.2 Å². The number of carbonyl (C=O) groups is 3. The molecule has 0 fully saturated rings. The Hall–Kier alpha value is -2.81. The number of halogens is 3. The second-order valence-electron chi connectivity index (χ2n) is 5.91. The molecular formula is C19H18BrF2N3O3. The maximum atomic E-state index is 13.5. The summed E-state index contributed by atoms with van der Waals surface area (Å²) in [6.07, 6.45) is -0.0981. The lowest BCUT2D eigenvalue weighted by Crippen LogP contribution is -2.35. The van der Waals surface area contributed by atoms with E-state index in [1.807, 2.05) is 13.0 Å². The summed E-state index contributed by atoms with van der Waals surface area (Å²) in [5, 5.41) is 7.48. The molecule has 2 aromatic carbocycles. The van der Waals surface area contributed by atoms with E-state index in [1.165, 1.54) is 0 Å². The third-order valence-electron chi connectivity index (χ3n) is 3.72. The van der Waals surface area contributed by atoms with Gasteiger partial charge in [0, 0.05) is 29.2 Å². The molecule has 9 heteroatoms. The van der Waals surface area contributed by atoms with Crippen LogP contribution in [0.3, 0.4) is 0 Å². The van der Waals surface area contributed by atoms with Gasteiger partial charge < -0.3 is 16.0 Å². The fourth-order valence-electron chi connectivity index (χ4n) is 2.29. The van der Waals surface area contributed by atoms with E-state index in [2.05, 4.69) is 31.9 Å². The van der Waals surface area contributed by atoms with Gasteiger partial charge >= 0.3 is 0 Å². The van der Waals surface area contributed by atoms with Gasteiger partial charge in [-0.05, 0) is 42.8 Å². The monoisotopic (exact) mass is 453 g/mol. The van der Waals surface area contributed by atoms with Gasteiger partial charge in [-0.25, -0.2) is 8.78 Å². The Bertz CT molecular complexity index is 906. The normalized spacial score (nSPS) is 10.3. The van der Waals surface area contributed by atoms with Gasteiger partial charge in [0.15, 0.2) is 0 Å². The van der Waals surface area contributed by atoms with Gasteiger partial charge in [0.25, 0.3) is 5.91 Å². The second kappa shape index (κ2) is 9.93. The van der Waals surface area contributed by atoms with Crippen LogP contribution in [0, 0.1) is 18.6 Å². The second-order valence-corrected chi connectivity index (χ2v) is 6.83. The van der Waals surface area contributed by atoms with Crippen molar-refractivity contribution in [2.24, 2.45) is 0 Å². The van der Waals surface area contributed by atoms with E-state index >= 15 is 0 Å². The minimum Gasteiger partial charge on any atom is -0.351 e. The first-order valence-corrected chi connectivity index (χ1v) is 9.11. The minimum atomic E-state index is -0.984. The number of anilines is 1. The van der Waals surface area contributed by atoms with Crippen LogP contribution in [-0.4, -0.2) is 30.8 Å². The molecule has 0 aliphatic heterocycles. The lowest BCUT2D eigenvalue weighted by atomic mass is 10.2. The third-order valence-corrected chi connectivity index (χ3v) is 4.22. The van der Waals surface area contributed by atoms with Gasteiger partial charge in [-0.1, -0.05) is 15.9 Å². The zero-order valence-corrected chi connectivity index (χ0v) is 16.5. The van der Waals surface area contributed by atoms with Crippen LogP contribution in [0.15, 0.2) is 40.9 Å². The first-order chi connectivity index (χ1) is 13.3. The fourth-order valence-corrected chi connectivity index (χ4v) is 2.76. The smallest absolute Gasteiger partial charge is 0.254 e. The quantitative estimate of drug-likeness (QED) is 0.602. The van der Waals surface area contributed by atoms with Crippen molar-refractivity contribution >= 4 is 39.3 Å². The highest BCUT2D eigenvalue weighted by atomic mass is 79.9. The Morgan fingerprint density at radius 3 is 2.43 bits per heavy atom. The van der Waals surface area contributed by atoms with Crippen LogP contribution < -0.4 is 16.0 Å². The maximum Gasteiger partial charge on any atom is 0.254 e. The Kier molecular flexibility index (Phi) is 7.62. The molecule has 0 aliphatic carbocycles. The molecule has 0 saturated carbocycles. The zero-order chi connectivity index (χ0) is 20.7.